The van der Waals surface area contributed by atoms with Crippen LogP contribution in [0, 0.1) is 0 Å². The molecule has 14 nitrogen and oxygen atoms in total. The summed E-state index contributed by atoms with van der Waals surface area (Å²) in [6.07, 6.45) is 5.63. The first kappa shape index (κ1) is 38.6. The molecule has 4 aromatic heterocycles. The van der Waals surface area contributed by atoms with Gasteiger partial charge in [0.25, 0.3) is 0 Å². The molecule has 0 atom stereocenters. The second-order valence-electron chi connectivity index (χ2n) is 6.01. The number of carbonyl (C=O) groups is 4. The SMILES string of the molecule is O.O.O=C([O-])c1ccccn1.O=C([O-])c1ccccn1.O=C([O-])c1ccccn1.O=C([O-])c1ccccn1.[Pd]. The molecule has 39 heavy (non-hydrogen) atoms. The van der Waals surface area contributed by atoms with E-state index < -0.39 is 23.9 Å². The zero-order chi connectivity index (χ0) is 26.8. The molecule has 210 valence electrons. The summed E-state index contributed by atoms with van der Waals surface area (Å²) in [6.45, 7) is 0. The molecule has 0 spiro atoms. The zero-order valence-corrected chi connectivity index (χ0v) is 21.2. The maximum absolute atomic E-state index is 10.0. The standard InChI is InChI=1S/4C6H5NO2.2H2O.Pd/c4*8-6(9)5-3-1-2-4-7-5;;;/h4*1-4H,(H,8,9);2*1H2;/p-4. The summed E-state index contributed by atoms with van der Waals surface area (Å²) < 4.78 is 0. The third-order valence-corrected chi connectivity index (χ3v) is 3.50. The van der Waals surface area contributed by atoms with E-state index in [-0.39, 0.29) is 54.2 Å². The first-order chi connectivity index (χ1) is 17.2. The van der Waals surface area contributed by atoms with Crippen LogP contribution in [0.3, 0.4) is 0 Å². The van der Waals surface area contributed by atoms with Gasteiger partial charge in [0.2, 0.25) is 0 Å². The molecule has 0 bridgehead atoms. The van der Waals surface area contributed by atoms with Gasteiger partial charge in [-0.15, -0.1) is 0 Å². The summed E-state index contributed by atoms with van der Waals surface area (Å²) in [5, 5.41) is 40.1. The average Bonchev–Trinajstić information content (AvgIpc) is 2.92. The number of nitrogens with zero attached hydrogens (tertiary/aromatic N) is 4. The van der Waals surface area contributed by atoms with Gasteiger partial charge in [-0.2, -0.15) is 0 Å². The van der Waals surface area contributed by atoms with Crippen molar-refractivity contribution < 1.29 is 71.0 Å². The van der Waals surface area contributed by atoms with Crippen LogP contribution in [0.4, 0.5) is 0 Å². The van der Waals surface area contributed by atoms with Gasteiger partial charge in [-0.3, -0.25) is 19.9 Å². The molecule has 0 saturated heterocycles. The van der Waals surface area contributed by atoms with Gasteiger partial charge in [-0.25, -0.2) is 0 Å². The molecule has 0 unspecified atom stereocenters. The molecule has 0 aromatic carbocycles. The molecule has 0 aliphatic heterocycles. The zero-order valence-electron chi connectivity index (χ0n) is 19.6. The first-order valence-electron chi connectivity index (χ1n) is 9.71. The maximum Gasteiger partial charge on any atom is 0.0899 e. The number of pyridine rings is 4. The van der Waals surface area contributed by atoms with E-state index in [2.05, 4.69) is 19.9 Å². The minimum atomic E-state index is -1.24. The van der Waals surface area contributed by atoms with Crippen molar-refractivity contribution in [3.63, 3.8) is 0 Å². The average molecular weight is 631 g/mol. The van der Waals surface area contributed by atoms with Crippen molar-refractivity contribution in [1.82, 2.24) is 19.9 Å². The molecule has 4 N–H and O–H groups in total. The van der Waals surface area contributed by atoms with Crippen LogP contribution in [0.1, 0.15) is 42.0 Å². The fourth-order valence-electron chi connectivity index (χ4n) is 1.93. The summed E-state index contributed by atoms with van der Waals surface area (Å²) in [4.78, 5) is 54.2. The molecule has 0 aliphatic rings. The summed E-state index contributed by atoms with van der Waals surface area (Å²) in [5.74, 6) is -4.96. The number of carboxylic acids is 4. The Labute approximate surface area is 235 Å². The molecule has 15 heteroatoms. The van der Waals surface area contributed by atoms with Crippen LogP contribution in [-0.4, -0.2) is 54.8 Å². The molecular formula is C24H20N4O10Pd-4. The molecular weight excluding hydrogens is 611 g/mol. The Kier molecular flexibility index (Phi) is 22.0. The molecule has 0 fully saturated rings. The van der Waals surface area contributed by atoms with Crippen LogP contribution in [0.5, 0.6) is 0 Å². The molecule has 4 rings (SSSR count). The first-order valence-corrected chi connectivity index (χ1v) is 9.71. The number of aromatic carboxylic acids is 4. The number of aromatic nitrogens is 4. The fourth-order valence-corrected chi connectivity index (χ4v) is 1.93. The Balaban J connectivity index is -0.000000432. The Hall–Kier alpha value is -4.94. The molecule has 0 radical (unpaired) electrons. The van der Waals surface area contributed by atoms with Gasteiger partial charge in [-0.1, -0.05) is 24.3 Å². The van der Waals surface area contributed by atoms with Crippen molar-refractivity contribution in [2.75, 3.05) is 0 Å². The quantitative estimate of drug-likeness (QED) is 0.196. The third kappa shape index (κ3) is 17.2. The second kappa shape index (κ2) is 22.3. The van der Waals surface area contributed by atoms with Crippen molar-refractivity contribution in [1.29, 1.82) is 0 Å². The van der Waals surface area contributed by atoms with Gasteiger partial charge in [0, 0.05) is 45.2 Å². The molecule has 4 heterocycles. The summed E-state index contributed by atoms with van der Waals surface area (Å²) in [5.41, 5.74) is -0.120. The van der Waals surface area contributed by atoms with Crippen molar-refractivity contribution in [3.8, 4) is 0 Å². The topological polar surface area (TPSA) is 275 Å². The number of hydrogen-bond acceptors (Lipinski definition) is 12. The van der Waals surface area contributed by atoms with Crippen LogP contribution in [0.2, 0.25) is 0 Å². The smallest absolute Gasteiger partial charge is 0.0899 e. The van der Waals surface area contributed by atoms with E-state index in [4.69, 9.17) is 0 Å². The van der Waals surface area contributed by atoms with Gasteiger partial charge >= 0.3 is 0 Å². The number of carbonyl (C=O) groups excluding carboxylic acids is 4. The number of hydrogen-bond donors (Lipinski definition) is 0. The van der Waals surface area contributed by atoms with Crippen LogP contribution in [-0.2, 0) is 20.4 Å². The second-order valence-corrected chi connectivity index (χ2v) is 6.01. The third-order valence-electron chi connectivity index (χ3n) is 3.50. The van der Waals surface area contributed by atoms with Crippen LogP contribution in [0.25, 0.3) is 0 Å². The van der Waals surface area contributed by atoms with E-state index in [0.717, 1.165) is 0 Å². The predicted molar refractivity (Wildman–Crippen MR) is 121 cm³/mol. The van der Waals surface area contributed by atoms with Crippen molar-refractivity contribution in [3.05, 3.63) is 120 Å². The van der Waals surface area contributed by atoms with E-state index >= 15 is 0 Å². The van der Waals surface area contributed by atoms with Crippen molar-refractivity contribution >= 4 is 23.9 Å². The molecule has 0 amide bonds. The monoisotopic (exact) mass is 630 g/mol. The van der Waals surface area contributed by atoms with E-state index in [9.17, 15) is 39.6 Å². The summed E-state index contributed by atoms with van der Waals surface area (Å²) in [6, 6.07) is 18.5. The van der Waals surface area contributed by atoms with Crippen LogP contribution < -0.4 is 20.4 Å². The Morgan fingerprint density at radius 2 is 0.590 bits per heavy atom. The normalized spacial score (nSPS) is 8.21. The minimum Gasteiger partial charge on any atom is -0.543 e. The van der Waals surface area contributed by atoms with Gasteiger partial charge in [0.1, 0.15) is 0 Å². The van der Waals surface area contributed by atoms with Gasteiger partial charge in [-0.05, 0) is 48.5 Å². The van der Waals surface area contributed by atoms with E-state index in [1.165, 1.54) is 49.1 Å². The van der Waals surface area contributed by atoms with Gasteiger partial charge < -0.3 is 50.6 Å². The molecule has 0 aliphatic carbocycles. The van der Waals surface area contributed by atoms with Crippen LogP contribution in [0.15, 0.2) is 97.6 Å². The Morgan fingerprint density at radius 1 is 0.410 bits per heavy atom. The van der Waals surface area contributed by atoms with Crippen molar-refractivity contribution in [2.45, 2.75) is 0 Å². The van der Waals surface area contributed by atoms with E-state index in [1.54, 1.807) is 48.5 Å². The Morgan fingerprint density at radius 3 is 0.667 bits per heavy atom. The minimum absolute atomic E-state index is 0. The van der Waals surface area contributed by atoms with Crippen LogP contribution >= 0.6 is 0 Å². The fraction of sp³-hybridized carbons (Fsp3) is 0. The van der Waals surface area contributed by atoms with E-state index in [0.29, 0.717) is 0 Å². The van der Waals surface area contributed by atoms with Gasteiger partial charge in [0.05, 0.1) is 46.7 Å². The largest absolute Gasteiger partial charge is 0.543 e. The molecule has 0 saturated carbocycles. The maximum atomic E-state index is 10.0. The summed E-state index contributed by atoms with van der Waals surface area (Å²) >= 11 is 0. The predicted octanol–water partition coefficient (Wildman–Crippen LogP) is -3.87. The van der Waals surface area contributed by atoms with Gasteiger partial charge in [0.15, 0.2) is 0 Å². The Bertz CT molecular complexity index is 1040. The number of rotatable bonds is 4. The summed E-state index contributed by atoms with van der Waals surface area (Å²) in [7, 11) is 0. The van der Waals surface area contributed by atoms with E-state index in [1.807, 2.05) is 0 Å². The van der Waals surface area contributed by atoms with Crippen molar-refractivity contribution in [2.24, 2.45) is 0 Å². The molecule has 4 aromatic rings. The number of carboxylic acid groups (broad SMARTS) is 4.